The second kappa shape index (κ2) is 13.4. The zero-order valence-electron chi connectivity index (χ0n) is 31.3. The van der Waals surface area contributed by atoms with E-state index in [1.807, 2.05) is 66.7 Å². The second-order valence-corrected chi connectivity index (χ2v) is 14.7. The van der Waals surface area contributed by atoms with Crippen LogP contribution >= 0.6 is 0 Å². The van der Waals surface area contributed by atoms with Crippen molar-refractivity contribution in [1.82, 2.24) is 15.0 Å². The van der Waals surface area contributed by atoms with Crippen molar-refractivity contribution >= 4 is 17.1 Å². The highest BCUT2D eigenvalue weighted by Crippen LogP contribution is 2.63. The Hall–Kier alpha value is -7.94. The Morgan fingerprint density at radius 3 is 1.57 bits per heavy atom. The molecule has 0 N–H and O–H groups in total. The number of hydrogen-bond donors (Lipinski definition) is 0. The number of rotatable bonds is 5. The lowest BCUT2D eigenvalue weighted by atomic mass is 9.64. The van der Waals surface area contributed by atoms with Gasteiger partial charge in [0.15, 0.2) is 17.5 Å². The number of benzene rings is 8. The summed E-state index contributed by atoms with van der Waals surface area (Å²) in [5.41, 5.74) is 15.5. The van der Waals surface area contributed by atoms with E-state index in [1.165, 1.54) is 27.8 Å². The summed E-state index contributed by atoms with van der Waals surface area (Å²) in [7, 11) is 0. The lowest BCUT2D eigenvalue weighted by Crippen LogP contribution is -2.36. The van der Waals surface area contributed by atoms with Gasteiger partial charge < -0.3 is 4.90 Å². The number of anilines is 3. The van der Waals surface area contributed by atoms with Gasteiger partial charge >= 0.3 is 0 Å². The third-order valence-electron chi connectivity index (χ3n) is 11.5. The summed E-state index contributed by atoms with van der Waals surface area (Å²) in [4.78, 5) is 17.8. The molecule has 0 amide bonds. The van der Waals surface area contributed by atoms with Gasteiger partial charge in [-0.25, -0.2) is 15.0 Å². The van der Waals surface area contributed by atoms with Crippen molar-refractivity contribution in [1.29, 1.82) is 5.26 Å². The molecule has 1 spiro atoms. The maximum Gasteiger partial charge on any atom is 0.164 e. The molecule has 58 heavy (non-hydrogen) atoms. The quantitative estimate of drug-likeness (QED) is 0.176. The van der Waals surface area contributed by atoms with E-state index in [1.54, 1.807) is 0 Å². The molecule has 0 radical (unpaired) electrons. The number of para-hydroxylation sites is 3. The van der Waals surface area contributed by atoms with Gasteiger partial charge in [-0.15, -0.1) is 0 Å². The van der Waals surface area contributed by atoms with E-state index in [-0.39, 0.29) is 0 Å². The molecular formula is C53H33N5. The van der Waals surface area contributed by atoms with Gasteiger partial charge in [0.1, 0.15) is 0 Å². The summed E-state index contributed by atoms with van der Waals surface area (Å²) in [6.07, 6.45) is 0. The first-order valence-electron chi connectivity index (χ1n) is 19.4. The molecule has 270 valence electrons. The Morgan fingerprint density at radius 2 is 0.879 bits per heavy atom. The first-order chi connectivity index (χ1) is 28.7. The Balaban J connectivity index is 1.11. The minimum Gasteiger partial charge on any atom is -0.310 e. The van der Waals surface area contributed by atoms with Crippen LogP contribution in [0.4, 0.5) is 17.1 Å². The monoisotopic (exact) mass is 739 g/mol. The molecule has 5 nitrogen and oxygen atoms in total. The minimum atomic E-state index is -0.550. The third kappa shape index (κ3) is 5.13. The summed E-state index contributed by atoms with van der Waals surface area (Å²) in [5.74, 6) is 1.78. The molecule has 5 heteroatoms. The molecule has 0 atom stereocenters. The number of nitrogens with zero attached hydrogens (tertiary/aromatic N) is 5. The highest BCUT2D eigenvalue weighted by atomic mass is 15.2. The first kappa shape index (κ1) is 33.4. The Bertz CT molecular complexity index is 3050. The Labute approximate surface area is 336 Å². The van der Waals surface area contributed by atoms with Crippen LogP contribution in [0.2, 0.25) is 0 Å². The van der Waals surface area contributed by atoms with Gasteiger partial charge in [0.05, 0.1) is 28.4 Å². The van der Waals surface area contributed by atoms with Crippen LogP contribution in [-0.2, 0) is 5.41 Å². The van der Waals surface area contributed by atoms with Crippen molar-refractivity contribution in [2.45, 2.75) is 5.41 Å². The summed E-state index contributed by atoms with van der Waals surface area (Å²) in [6.45, 7) is 0. The van der Waals surface area contributed by atoms with Crippen LogP contribution in [0.5, 0.6) is 0 Å². The highest BCUT2D eigenvalue weighted by molar-refractivity contribution is 5.96. The van der Waals surface area contributed by atoms with Gasteiger partial charge in [-0.05, 0) is 93.0 Å². The molecule has 1 aliphatic heterocycles. The lowest BCUT2D eigenvalue weighted by molar-refractivity contribution is 0.752. The molecule has 0 saturated carbocycles. The van der Waals surface area contributed by atoms with E-state index in [9.17, 15) is 5.26 Å². The van der Waals surface area contributed by atoms with Crippen LogP contribution in [0.15, 0.2) is 200 Å². The minimum absolute atomic E-state index is 0.550. The third-order valence-corrected chi connectivity index (χ3v) is 11.5. The molecule has 11 rings (SSSR count). The van der Waals surface area contributed by atoms with Crippen LogP contribution < -0.4 is 4.90 Å². The van der Waals surface area contributed by atoms with Gasteiger partial charge in [-0.2, -0.15) is 5.26 Å². The standard InChI is InChI=1S/C53H33N5/c54-34-35-15-13-18-37(31-35)38-19-14-20-39(32-38)51-55-50(36-16-3-1-4-17-36)56-52(57-51)40-29-30-45-43(33-40)42-23-7-8-24-44(42)53(45)46-25-9-11-27-48(46)58(41-21-5-2-6-22-41)49-28-12-10-26-47(49)53/h1-33H. The molecular weight excluding hydrogens is 707 g/mol. The van der Waals surface area contributed by atoms with Gasteiger partial charge in [0, 0.05) is 22.4 Å². The van der Waals surface area contributed by atoms with Crippen LogP contribution in [0, 0.1) is 11.3 Å². The fourth-order valence-corrected chi connectivity index (χ4v) is 9.06. The van der Waals surface area contributed by atoms with Crippen molar-refractivity contribution in [2.75, 3.05) is 4.90 Å². The van der Waals surface area contributed by atoms with Crippen molar-refractivity contribution in [2.24, 2.45) is 0 Å². The topological polar surface area (TPSA) is 65.7 Å². The first-order valence-corrected chi connectivity index (χ1v) is 19.4. The van der Waals surface area contributed by atoms with E-state index in [2.05, 4.69) is 144 Å². The second-order valence-electron chi connectivity index (χ2n) is 14.7. The van der Waals surface area contributed by atoms with Crippen LogP contribution in [0.1, 0.15) is 27.8 Å². The number of aromatic nitrogens is 3. The summed E-state index contributed by atoms with van der Waals surface area (Å²) >= 11 is 0. The predicted molar refractivity (Wildman–Crippen MR) is 232 cm³/mol. The average Bonchev–Trinajstić information content (AvgIpc) is 3.59. The average molecular weight is 740 g/mol. The lowest BCUT2D eigenvalue weighted by Gasteiger charge is -2.45. The smallest absolute Gasteiger partial charge is 0.164 e. The van der Waals surface area contributed by atoms with Crippen LogP contribution in [-0.4, -0.2) is 15.0 Å². The molecule has 2 aliphatic rings. The Morgan fingerprint density at radius 1 is 0.379 bits per heavy atom. The molecule has 9 aromatic rings. The maximum absolute atomic E-state index is 9.57. The molecule has 1 aliphatic carbocycles. The number of nitriles is 1. The van der Waals surface area contributed by atoms with Crippen LogP contribution in [0.25, 0.3) is 56.4 Å². The molecule has 1 aromatic heterocycles. The largest absolute Gasteiger partial charge is 0.310 e. The molecule has 0 saturated heterocycles. The summed E-state index contributed by atoms with van der Waals surface area (Å²) < 4.78 is 0. The fourth-order valence-electron chi connectivity index (χ4n) is 9.06. The molecule has 0 fully saturated rings. The van der Waals surface area contributed by atoms with E-state index in [4.69, 9.17) is 15.0 Å². The van der Waals surface area contributed by atoms with E-state index in [0.29, 0.717) is 23.0 Å². The SMILES string of the molecule is N#Cc1cccc(-c2cccc(-c3nc(-c4ccccc4)nc(-c4ccc5c(c4)-c4ccccc4C54c5ccccc5N(c5ccccc5)c5ccccc54)n3)c2)c1. The number of hydrogen-bond acceptors (Lipinski definition) is 5. The zero-order valence-corrected chi connectivity index (χ0v) is 31.3. The van der Waals surface area contributed by atoms with Crippen molar-refractivity contribution < 1.29 is 0 Å². The van der Waals surface area contributed by atoms with Crippen LogP contribution in [0.3, 0.4) is 0 Å². The predicted octanol–water partition coefficient (Wildman–Crippen LogP) is 12.6. The normalized spacial score (nSPS) is 12.9. The Kier molecular flexibility index (Phi) is 7.70. The van der Waals surface area contributed by atoms with Crippen molar-refractivity contribution in [3.8, 4) is 62.5 Å². The molecule has 0 unspecified atom stereocenters. The highest BCUT2D eigenvalue weighted by Gasteiger charge is 2.51. The zero-order chi connectivity index (χ0) is 38.6. The summed E-state index contributed by atoms with van der Waals surface area (Å²) in [5, 5.41) is 9.57. The van der Waals surface area contributed by atoms with Gasteiger partial charge in [-0.1, -0.05) is 152 Å². The maximum atomic E-state index is 9.57. The molecule has 2 heterocycles. The van der Waals surface area contributed by atoms with E-state index in [0.717, 1.165) is 50.4 Å². The summed E-state index contributed by atoms with van der Waals surface area (Å²) in [6, 6.07) is 72.2. The van der Waals surface area contributed by atoms with E-state index < -0.39 is 5.41 Å². The van der Waals surface area contributed by atoms with Crippen molar-refractivity contribution in [3.63, 3.8) is 0 Å². The fraction of sp³-hybridized carbons (Fsp3) is 0.0189. The van der Waals surface area contributed by atoms with Gasteiger partial charge in [-0.3, -0.25) is 0 Å². The van der Waals surface area contributed by atoms with E-state index >= 15 is 0 Å². The molecule has 8 aromatic carbocycles. The van der Waals surface area contributed by atoms with Crippen molar-refractivity contribution in [3.05, 3.63) is 228 Å². The molecule has 0 bridgehead atoms. The number of fused-ring (bicyclic) bond motifs is 9. The van der Waals surface area contributed by atoms with Gasteiger partial charge in [0.2, 0.25) is 0 Å². The van der Waals surface area contributed by atoms with Gasteiger partial charge in [0.25, 0.3) is 0 Å².